The van der Waals surface area contributed by atoms with Gasteiger partial charge < -0.3 is 25.1 Å². The molecule has 1 saturated carbocycles. The fourth-order valence-electron chi connectivity index (χ4n) is 5.45. The van der Waals surface area contributed by atoms with Crippen LogP contribution in [0.25, 0.3) is 11.0 Å². The number of likely N-dealkylation sites (tertiary alicyclic amines) is 1. The first-order valence-corrected chi connectivity index (χ1v) is 14.2. The van der Waals surface area contributed by atoms with Crippen molar-refractivity contribution >= 4 is 45.8 Å². The van der Waals surface area contributed by atoms with Gasteiger partial charge in [0.25, 0.3) is 0 Å². The van der Waals surface area contributed by atoms with Gasteiger partial charge in [0.15, 0.2) is 5.65 Å². The van der Waals surface area contributed by atoms with E-state index in [0.717, 1.165) is 72.5 Å². The number of nitrogens with zero attached hydrogens (tertiary/aromatic N) is 6. The van der Waals surface area contributed by atoms with Gasteiger partial charge in [-0.2, -0.15) is 18.3 Å². The van der Waals surface area contributed by atoms with Crippen LogP contribution in [0.4, 0.5) is 30.4 Å². The zero-order valence-corrected chi connectivity index (χ0v) is 23.6. The van der Waals surface area contributed by atoms with Crippen molar-refractivity contribution in [3.63, 3.8) is 0 Å². The predicted octanol–water partition coefficient (Wildman–Crippen LogP) is 4.66. The van der Waals surface area contributed by atoms with Gasteiger partial charge in [0.05, 0.1) is 11.1 Å². The monoisotopic (exact) mass is 594 g/mol. The minimum Gasteiger partial charge on any atom is -0.475 e. The van der Waals surface area contributed by atoms with E-state index < -0.39 is 12.1 Å². The van der Waals surface area contributed by atoms with Gasteiger partial charge in [-0.3, -0.25) is 5.10 Å². The number of H-pyrrole nitrogens is 1. The van der Waals surface area contributed by atoms with Crippen LogP contribution in [0.15, 0.2) is 18.5 Å². The number of aromatic amines is 1. The fraction of sp³-hybridized carbons (Fsp3) is 0.556. The molecule has 0 spiro atoms. The van der Waals surface area contributed by atoms with Crippen LogP contribution in [0.3, 0.4) is 0 Å². The number of carboxylic acids is 1. The summed E-state index contributed by atoms with van der Waals surface area (Å²) in [4.78, 5) is 25.4. The molecule has 4 heterocycles. The van der Waals surface area contributed by atoms with E-state index in [4.69, 9.17) is 21.5 Å². The summed E-state index contributed by atoms with van der Waals surface area (Å²) in [5, 5.41) is 20.4. The Morgan fingerprint density at radius 1 is 1.10 bits per heavy atom. The van der Waals surface area contributed by atoms with E-state index in [1.54, 1.807) is 6.33 Å². The first kappa shape index (κ1) is 29.2. The van der Waals surface area contributed by atoms with Crippen molar-refractivity contribution in [1.82, 2.24) is 25.1 Å². The number of carboxylic acid groups (broad SMARTS) is 1. The zero-order chi connectivity index (χ0) is 29.1. The summed E-state index contributed by atoms with van der Waals surface area (Å²) in [5.74, 6) is -1.18. The Labute approximate surface area is 240 Å². The van der Waals surface area contributed by atoms with Crippen LogP contribution in [-0.4, -0.2) is 94.7 Å². The molecule has 0 atom stereocenters. The molecule has 41 heavy (non-hydrogen) atoms. The van der Waals surface area contributed by atoms with Crippen molar-refractivity contribution in [2.75, 3.05) is 67.5 Å². The van der Waals surface area contributed by atoms with Gasteiger partial charge in [0, 0.05) is 61.6 Å². The number of alkyl halides is 3. The van der Waals surface area contributed by atoms with E-state index in [9.17, 15) is 13.2 Å². The largest absolute Gasteiger partial charge is 0.490 e. The van der Waals surface area contributed by atoms with Crippen LogP contribution in [0.1, 0.15) is 42.9 Å². The van der Waals surface area contributed by atoms with Crippen molar-refractivity contribution in [3.05, 3.63) is 34.7 Å². The van der Waals surface area contributed by atoms with Crippen LogP contribution in [0.2, 0.25) is 5.02 Å². The van der Waals surface area contributed by atoms with E-state index in [-0.39, 0.29) is 0 Å². The molecule has 1 aliphatic carbocycles. The maximum Gasteiger partial charge on any atom is 0.490 e. The third kappa shape index (κ3) is 6.95. The molecule has 0 radical (unpaired) electrons. The second kappa shape index (κ2) is 12.3. The Balaban J connectivity index is 0.000000431. The lowest BCUT2D eigenvalue weighted by molar-refractivity contribution is -0.192. The van der Waals surface area contributed by atoms with Crippen molar-refractivity contribution < 1.29 is 23.1 Å². The van der Waals surface area contributed by atoms with Crippen LogP contribution in [0, 0.1) is 6.92 Å². The van der Waals surface area contributed by atoms with Crippen LogP contribution in [-0.2, 0) is 4.79 Å². The molecular weight excluding hydrogens is 561 g/mol. The van der Waals surface area contributed by atoms with Gasteiger partial charge in [0.1, 0.15) is 12.1 Å². The van der Waals surface area contributed by atoms with Gasteiger partial charge in [0.2, 0.25) is 0 Å². The molecule has 3 aliphatic rings. The lowest BCUT2D eigenvalue weighted by atomic mass is 10.1. The molecule has 222 valence electrons. The fourth-order valence-corrected chi connectivity index (χ4v) is 5.66. The number of aromatic nitrogens is 4. The Hall–Kier alpha value is -3.32. The summed E-state index contributed by atoms with van der Waals surface area (Å²) < 4.78 is 31.7. The van der Waals surface area contributed by atoms with Crippen molar-refractivity contribution in [2.24, 2.45) is 0 Å². The number of rotatable bonds is 7. The highest BCUT2D eigenvalue weighted by atomic mass is 35.5. The molecule has 0 unspecified atom stereocenters. The molecule has 14 heteroatoms. The van der Waals surface area contributed by atoms with Gasteiger partial charge >= 0.3 is 12.1 Å². The Morgan fingerprint density at radius 2 is 1.76 bits per heavy atom. The smallest absolute Gasteiger partial charge is 0.475 e. The number of anilines is 3. The van der Waals surface area contributed by atoms with Gasteiger partial charge in [-0.15, -0.1) is 0 Å². The van der Waals surface area contributed by atoms with E-state index in [1.807, 2.05) is 0 Å². The molecule has 3 aromatic rings. The number of piperazine rings is 1. The van der Waals surface area contributed by atoms with Gasteiger partial charge in [-0.25, -0.2) is 14.8 Å². The summed E-state index contributed by atoms with van der Waals surface area (Å²) in [6.07, 6.45) is 1.65. The highest BCUT2D eigenvalue weighted by Gasteiger charge is 2.38. The van der Waals surface area contributed by atoms with Gasteiger partial charge in [-0.05, 0) is 63.4 Å². The quantitative estimate of drug-likeness (QED) is 0.359. The minimum atomic E-state index is -5.08. The molecule has 1 aromatic carbocycles. The summed E-state index contributed by atoms with van der Waals surface area (Å²) in [6.45, 7) is 10.4. The lowest BCUT2D eigenvalue weighted by Crippen LogP contribution is -2.47. The summed E-state index contributed by atoms with van der Waals surface area (Å²) in [7, 11) is 0. The maximum atomic E-state index is 10.6. The number of aliphatic carboxylic acids is 1. The average molecular weight is 595 g/mol. The molecule has 6 rings (SSSR count). The normalized spacial score (nSPS) is 18.0. The second-order valence-corrected chi connectivity index (χ2v) is 11.1. The second-order valence-electron chi connectivity index (χ2n) is 10.7. The Bertz CT molecular complexity index is 1370. The predicted molar refractivity (Wildman–Crippen MR) is 152 cm³/mol. The number of benzene rings is 1. The van der Waals surface area contributed by atoms with E-state index in [0.29, 0.717) is 5.92 Å². The summed E-state index contributed by atoms with van der Waals surface area (Å²) in [6, 6.07) is 4.18. The van der Waals surface area contributed by atoms with E-state index in [1.165, 1.54) is 50.0 Å². The van der Waals surface area contributed by atoms with Crippen molar-refractivity contribution in [3.8, 4) is 0 Å². The highest BCUT2D eigenvalue weighted by molar-refractivity contribution is 6.31. The zero-order valence-electron chi connectivity index (χ0n) is 22.8. The SMILES string of the molecule is Cc1c(NCCN2CCCC2)cc(Cl)cc1N1CCN(c2ncnc3[nH]nc(C4CC4)c23)CC1.O=C(O)C(F)(F)F. The number of fused-ring (bicyclic) bond motifs is 1. The topological polar surface area (TPSA) is 114 Å². The third-order valence-corrected chi connectivity index (χ3v) is 8.00. The van der Waals surface area contributed by atoms with Crippen LogP contribution < -0.4 is 15.1 Å². The van der Waals surface area contributed by atoms with Crippen molar-refractivity contribution in [1.29, 1.82) is 0 Å². The third-order valence-electron chi connectivity index (χ3n) is 7.78. The maximum absolute atomic E-state index is 10.6. The summed E-state index contributed by atoms with van der Waals surface area (Å²) in [5.41, 5.74) is 5.64. The molecule has 0 bridgehead atoms. The van der Waals surface area contributed by atoms with Crippen LogP contribution in [0.5, 0.6) is 0 Å². The number of carbonyl (C=O) groups is 1. The minimum absolute atomic E-state index is 0.560. The Morgan fingerprint density at radius 3 is 2.39 bits per heavy atom. The molecule has 3 fully saturated rings. The highest BCUT2D eigenvalue weighted by Crippen LogP contribution is 2.43. The average Bonchev–Trinajstić information content (AvgIpc) is 3.47. The van der Waals surface area contributed by atoms with E-state index in [2.05, 4.69) is 59.2 Å². The number of halogens is 4. The van der Waals surface area contributed by atoms with Crippen molar-refractivity contribution in [2.45, 2.75) is 44.7 Å². The number of nitrogens with one attached hydrogen (secondary N) is 2. The molecule has 2 saturated heterocycles. The molecule has 0 amide bonds. The molecular formula is C27H34ClF3N8O2. The lowest BCUT2D eigenvalue weighted by Gasteiger charge is -2.38. The van der Waals surface area contributed by atoms with E-state index >= 15 is 0 Å². The Kier molecular flexibility index (Phi) is 8.74. The first-order chi connectivity index (χ1) is 19.6. The standard InChI is InChI=1S/C25H33ClN8.C2HF3O2/c1-17-20(27-6-9-32-7-2-3-8-32)14-19(26)15-21(17)33-10-12-34(13-11-33)25-22-23(18-4-5-18)30-31-24(22)28-16-29-25;3-2(4,5)1(6)7/h14-16,18,27H,2-13H2,1H3,(H,28,29,30,31);(H,6,7). The molecule has 2 aromatic heterocycles. The van der Waals surface area contributed by atoms with Gasteiger partial charge in [-0.1, -0.05) is 11.6 Å². The summed E-state index contributed by atoms with van der Waals surface area (Å²) >= 11 is 6.56. The van der Waals surface area contributed by atoms with Crippen LogP contribution >= 0.6 is 11.6 Å². The molecule has 2 aliphatic heterocycles. The number of hydrogen-bond acceptors (Lipinski definition) is 8. The molecule has 10 nitrogen and oxygen atoms in total. The molecule has 3 N–H and O–H groups in total. The number of hydrogen-bond donors (Lipinski definition) is 3. The first-order valence-electron chi connectivity index (χ1n) is 13.9.